The molecule has 0 aliphatic heterocycles. The van der Waals surface area contributed by atoms with Crippen LogP contribution in [-0.2, 0) is 13.0 Å². The van der Waals surface area contributed by atoms with Crippen LogP contribution in [0.4, 0.5) is 8.78 Å². The quantitative estimate of drug-likeness (QED) is 0.902. The monoisotopic (exact) mass is 265 g/mol. The number of nitrogens with two attached hydrogens (primary N) is 1. The summed E-state index contributed by atoms with van der Waals surface area (Å²) in [5.74, 6) is -1.13. The van der Waals surface area contributed by atoms with E-state index >= 15 is 0 Å². The third-order valence-electron chi connectivity index (χ3n) is 2.97. The second-order valence-electron chi connectivity index (χ2n) is 4.69. The van der Waals surface area contributed by atoms with Gasteiger partial charge < -0.3 is 10.3 Å². The maximum atomic E-state index is 13.1. The number of hydrogen-bond donors (Lipinski definition) is 1. The van der Waals surface area contributed by atoms with E-state index in [1.165, 1.54) is 12.1 Å². The SMILES string of the molecule is CCC(N)Cc1cn(Cc2cc(F)cc(F)c2)cn1. The summed E-state index contributed by atoms with van der Waals surface area (Å²) < 4.78 is 27.9. The van der Waals surface area contributed by atoms with Crippen LogP contribution in [0.5, 0.6) is 0 Å². The van der Waals surface area contributed by atoms with Crippen LogP contribution >= 0.6 is 0 Å². The van der Waals surface area contributed by atoms with Gasteiger partial charge in [-0.3, -0.25) is 0 Å². The summed E-state index contributed by atoms with van der Waals surface area (Å²) in [4.78, 5) is 4.24. The highest BCUT2D eigenvalue weighted by molar-refractivity contribution is 5.18. The number of imidazole rings is 1. The van der Waals surface area contributed by atoms with Gasteiger partial charge in [0.05, 0.1) is 12.0 Å². The molecule has 1 unspecified atom stereocenters. The molecule has 0 amide bonds. The van der Waals surface area contributed by atoms with Crippen LogP contribution < -0.4 is 5.73 Å². The predicted octanol–water partition coefficient (Wildman–Crippen LogP) is 2.49. The highest BCUT2D eigenvalue weighted by atomic mass is 19.1. The molecule has 2 N–H and O–H groups in total. The Balaban J connectivity index is 2.07. The van der Waals surface area contributed by atoms with E-state index in [2.05, 4.69) is 4.98 Å². The summed E-state index contributed by atoms with van der Waals surface area (Å²) in [7, 11) is 0. The van der Waals surface area contributed by atoms with E-state index < -0.39 is 11.6 Å². The molecule has 0 radical (unpaired) electrons. The first-order valence-corrected chi connectivity index (χ1v) is 6.28. The molecular weight excluding hydrogens is 248 g/mol. The molecular formula is C14H17F2N3. The van der Waals surface area contributed by atoms with Crippen molar-refractivity contribution in [3.63, 3.8) is 0 Å². The first-order valence-electron chi connectivity index (χ1n) is 6.28. The predicted molar refractivity (Wildman–Crippen MR) is 69.7 cm³/mol. The fraction of sp³-hybridized carbons (Fsp3) is 0.357. The van der Waals surface area contributed by atoms with Gasteiger partial charge in [-0.2, -0.15) is 0 Å². The standard InChI is InChI=1S/C14H17F2N3/c1-2-13(17)6-14-8-19(9-18-14)7-10-3-11(15)5-12(16)4-10/h3-5,8-9,13H,2,6-7,17H2,1H3. The molecule has 102 valence electrons. The van der Waals surface area contributed by atoms with Gasteiger partial charge in [-0.05, 0) is 24.1 Å². The Bertz CT molecular complexity index is 531. The Morgan fingerprint density at radius 2 is 1.95 bits per heavy atom. The van der Waals surface area contributed by atoms with Crippen LogP contribution in [0.1, 0.15) is 24.6 Å². The fourth-order valence-corrected chi connectivity index (χ4v) is 1.92. The van der Waals surface area contributed by atoms with Crippen LogP contribution in [-0.4, -0.2) is 15.6 Å². The summed E-state index contributed by atoms with van der Waals surface area (Å²) in [5, 5.41) is 0. The third-order valence-corrected chi connectivity index (χ3v) is 2.97. The lowest BCUT2D eigenvalue weighted by atomic mass is 10.1. The molecule has 0 saturated carbocycles. The molecule has 1 aromatic heterocycles. The van der Waals surface area contributed by atoms with Gasteiger partial charge in [-0.25, -0.2) is 13.8 Å². The van der Waals surface area contributed by atoms with Crippen molar-refractivity contribution >= 4 is 0 Å². The summed E-state index contributed by atoms with van der Waals surface area (Å²) in [5.41, 5.74) is 7.32. The molecule has 0 aliphatic rings. The van der Waals surface area contributed by atoms with Crippen molar-refractivity contribution in [3.8, 4) is 0 Å². The lowest BCUT2D eigenvalue weighted by Crippen LogP contribution is -2.21. The second kappa shape index (κ2) is 5.93. The van der Waals surface area contributed by atoms with Gasteiger partial charge in [0.25, 0.3) is 0 Å². The Kier molecular flexibility index (Phi) is 4.27. The molecule has 1 heterocycles. The number of hydrogen-bond acceptors (Lipinski definition) is 2. The summed E-state index contributed by atoms with van der Waals surface area (Å²) >= 11 is 0. The Morgan fingerprint density at radius 3 is 2.58 bits per heavy atom. The number of rotatable bonds is 5. The zero-order chi connectivity index (χ0) is 13.8. The molecule has 2 aromatic rings. The van der Waals surface area contributed by atoms with Crippen LogP contribution in [0.25, 0.3) is 0 Å². The third kappa shape index (κ3) is 3.86. The zero-order valence-electron chi connectivity index (χ0n) is 10.8. The molecule has 0 saturated heterocycles. The first-order chi connectivity index (χ1) is 9.06. The lowest BCUT2D eigenvalue weighted by molar-refractivity contribution is 0.577. The fourth-order valence-electron chi connectivity index (χ4n) is 1.92. The Hall–Kier alpha value is -1.75. The van der Waals surface area contributed by atoms with Gasteiger partial charge in [0.1, 0.15) is 11.6 Å². The van der Waals surface area contributed by atoms with Gasteiger partial charge in [0, 0.05) is 31.3 Å². The number of nitrogens with zero attached hydrogens (tertiary/aromatic N) is 2. The van der Waals surface area contributed by atoms with E-state index in [9.17, 15) is 8.78 Å². The van der Waals surface area contributed by atoms with Gasteiger partial charge >= 0.3 is 0 Å². The van der Waals surface area contributed by atoms with E-state index in [1.807, 2.05) is 13.1 Å². The van der Waals surface area contributed by atoms with Crippen molar-refractivity contribution < 1.29 is 8.78 Å². The highest BCUT2D eigenvalue weighted by Crippen LogP contribution is 2.10. The first kappa shape index (κ1) is 13.7. The summed E-state index contributed by atoms with van der Waals surface area (Å²) in [6.45, 7) is 2.42. The number of halogens is 2. The molecule has 0 bridgehead atoms. The summed E-state index contributed by atoms with van der Waals surface area (Å²) in [6, 6.07) is 3.60. The van der Waals surface area contributed by atoms with E-state index in [4.69, 9.17) is 5.73 Å². The van der Waals surface area contributed by atoms with Crippen LogP contribution in [0.3, 0.4) is 0 Å². The maximum absolute atomic E-state index is 13.1. The molecule has 0 aliphatic carbocycles. The number of aromatic nitrogens is 2. The van der Waals surface area contributed by atoms with E-state index in [-0.39, 0.29) is 6.04 Å². The average molecular weight is 265 g/mol. The second-order valence-corrected chi connectivity index (χ2v) is 4.69. The van der Waals surface area contributed by atoms with Gasteiger partial charge in [-0.1, -0.05) is 6.92 Å². The molecule has 1 aromatic carbocycles. The molecule has 19 heavy (non-hydrogen) atoms. The van der Waals surface area contributed by atoms with Crippen molar-refractivity contribution in [1.29, 1.82) is 0 Å². The normalized spacial score (nSPS) is 12.6. The van der Waals surface area contributed by atoms with Crippen LogP contribution in [0.2, 0.25) is 0 Å². The van der Waals surface area contributed by atoms with Crippen molar-refractivity contribution in [2.45, 2.75) is 32.4 Å². The minimum atomic E-state index is -0.566. The van der Waals surface area contributed by atoms with E-state index in [0.717, 1.165) is 18.2 Å². The molecule has 3 nitrogen and oxygen atoms in total. The van der Waals surface area contributed by atoms with Gasteiger partial charge in [0.2, 0.25) is 0 Å². The summed E-state index contributed by atoms with van der Waals surface area (Å²) in [6.07, 6.45) is 5.11. The van der Waals surface area contributed by atoms with Crippen molar-refractivity contribution in [2.24, 2.45) is 5.73 Å². The van der Waals surface area contributed by atoms with Crippen molar-refractivity contribution in [2.75, 3.05) is 0 Å². The molecule has 1 atom stereocenters. The molecule has 5 heteroatoms. The lowest BCUT2D eigenvalue weighted by Gasteiger charge is -2.05. The smallest absolute Gasteiger partial charge is 0.126 e. The number of benzene rings is 1. The zero-order valence-corrected chi connectivity index (χ0v) is 10.8. The topological polar surface area (TPSA) is 43.8 Å². The van der Waals surface area contributed by atoms with Crippen molar-refractivity contribution in [3.05, 3.63) is 53.6 Å². The molecule has 0 spiro atoms. The van der Waals surface area contributed by atoms with Crippen molar-refractivity contribution in [1.82, 2.24) is 9.55 Å². The minimum absolute atomic E-state index is 0.0926. The average Bonchev–Trinajstić information content (AvgIpc) is 2.74. The molecule has 0 fully saturated rings. The van der Waals surface area contributed by atoms with Crippen LogP contribution in [0.15, 0.2) is 30.7 Å². The minimum Gasteiger partial charge on any atom is -0.333 e. The Morgan fingerprint density at radius 1 is 1.26 bits per heavy atom. The highest BCUT2D eigenvalue weighted by Gasteiger charge is 2.06. The van der Waals surface area contributed by atoms with Gasteiger partial charge in [0.15, 0.2) is 0 Å². The van der Waals surface area contributed by atoms with Crippen LogP contribution in [0, 0.1) is 11.6 Å². The van der Waals surface area contributed by atoms with E-state index in [1.54, 1.807) is 10.9 Å². The molecule has 2 rings (SSSR count). The van der Waals surface area contributed by atoms with Gasteiger partial charge in [-0.15, -0.1) is 0 Å². The Labute approximate surface area is 111 Å². The largest absolute Gasteiger partial charge is 0.333 e. The maximum Gasteiger partial charge on any atom is 0.126 e. The van der Waals surface area contributed by atoms with E-state index in [0.29, 0.717) is 18.5 Å².